The minimum absolute atomic E-state index is 0.635. The third kappa shape index (κ3) is 1.21. The number of hydrogen-bond donors (Lipinski definition) is 1. The highest BCUT2D eigenvalue weighted by Gasteiger charge is 2.27. The van der Waals surface area contributed by atoms with Crippen molar-refractivity contribution in [3.05, 3.63) is 10.7 Å². The van der Waals surface area contributed by atoms with Gasteiger partial charge in [-0.25, -0.2) is 4.98 Å². The molecule has 0 saturated carbocycles. The lowest BCUT2D eigenvalue weighted by atomic mass is 10.0. The van der Waals surface area contributed by atoms with E-state index in [0.717, 1.165) is 23.8 Å². The fourth-order valence-corrected chi connectivity index (χ4v) is 2.38. The molecule has 0 spiro atoms. The number of nitrogen functional groups attached to an aromatic ring is 1. The number of thiazole rings is 1. The van der Waals surface area contributed by atoms with Crippen molar-refractivity contribution in [3.8, 4) is 0 Å². The smallest absolute Gasteiger partial charge is 0.109 e. The van der Waals surface area contributed by atoms with Gasteiger partial charge in [0.25, 0.3) is 0 Å². The summed E-state index contributed by atoms with van der Waals surface area (Å²) in [6.45, 7) is 4.23. The van der Waals surface area contributed by atoms with Crippen LogP contribution in [0.5, 0.6) is 0 Å². The van der Waals surface area contributed by atoms with E-state index in [-0.39, 0.29) is 0 Å². The molecule has 1 aromatic rings. The zero-order valence-electron chi connectivity index (χ0n) is 7.37. The van der Waals surface area contributed by atoms with E-state index in [1.807, 2.05) is 6.92 Å². The number of likely N-dealkylation sites (tertiary alicyclic amines) is 1. The molecule has 66 valence electrons. The zero-order chi connectivity index (χ0) is 8.72. The van der Waals surface area contributed by atoms with Crippen LogP contribution in [0, 0.1) is 6.92 Å². The van der Waals surface area contributed by atoms with Gasteiger partial charge < -0.3 is 10.6 Å². The summed E-state index contributed by atoms with van der Waals surface area (Å²) < 4.78 is 0. The second-order valence-corrected chi connectivity index (χ2v) is 4.48. The quantitative estimate of drug-likeness (QED) is 0.708. The van der Waals surface area contributed by atoms with Gasteiger partial charge in [0.2, 0.25) is 0 Å². The number of anilines is 1. The zero-order valence-corrected chi connectivity index (χ0v) is 8.19. The molecule has 0 bridgehead atoms. The van der Waals surface area contributed by atoms with Crippen molar-refractivity contribution in [3.63, 3.8) is 0 Å². The van der Waals surface area contributed by atoms with Crippen LogP contribution in [-0.2, 0) is 0 Å². The SMILES string of the molecule is Cc1nc(C2CN(C)C2)sc1N. The second kappa shape index (κ2) is 2.71. The Labute approximate surface area is 76.2 Å². The third-order valence-electron chi connectivity index (χ3n) is 2.26. The van der Waals surface area contributed by atoms with Gasteiger partial charge in [0.05, 0.1) is 5.69 Å². The second-order valence-electron chi connectivity index (χ2n) is 3.42. The van der Waals surface area contributed by atoms with Gasteiger partial charge in [-0.3, -0.25) is 0 Å². The topological polar surface area (TPSA) is 42.2 Å². The molecule has 1 fully saturated rings. The molecule has 2 heterocycles. The van der Waals surface area contributed by atoms with Crippen molar-refractivity contribution in [2.45, 2.75) is 12.8 Å². The minimum atomic E-state index is 0.635. The lowest BCUT2D eigenvalue weighted by Crippen LogP contribution is -2.41. The third-order valence-corrected chi connectivity index (χ3v) is 3.41. The van der Waals surface area contributed by atoms with Crippen molar-refractivity contribution >= 4 is 16.3 Å². The fourth-order valence-electron chi connectivity index (χ4n) is 1.46. The largest absolute Gasteiger partial charge is 0.389 e. The Morgan fingerprint density at radius 2 is 2.25 bits per heavy atom. The summed E-state index contributed by atoms with van der Waals surface area (Å²) in [6.07, 6.45) is 0. The first kappa shape index (κ1) is 8.01. The molecule has 0 amide bonds. The van der Waals surface area contributed by atoms with Crippen molar-refractivity contribution in [2.75, 3.05) is 25.9 Å². The van der Waals surface area contributed by atoms with Gasteiger partial charge in [-0.05, 0) is 14.0 Å². The maximum absolute atomic E-state index is 5.73. The van der Waals surface area contributed by atoms with Crippen molar-refractivity contribution in [1.82, 2.24) is 9.88 Å². The van der Waals surface area contributed by atoms with E-state index in [1.165, 1.54) is 5.01 Å². The van der Waals surface area contributed by atoms with Gasteiger partial charge >= 0.3 is 0 Å². The molecule has 2 N–H and O–H groups in total. The van der Waals surface area contributed by atoms with E-state index < -0.39 is 0 Å². The Balaban J connectivity index is 2.14. The Morgan fingerprint density at radius 1 is 1.58 bits per heavy atom. The molecule has 1 saturated heterocycles. The van der Waals surface area contributed by atoms with Crippen LogP contribution in [0.1, 0.15) is 16.6 Å². The van der Waals surface area contributed by atoms with Crippen molar-refractivity contribution in [1.29, 1.82) is 0 Å². The van der Waals surface area contributed by atoms with E-state index in [0.29, 0.717) is 5.92 Å². The lowest BCUT2D eigenvalue weighted by Gasteiger charge is -2.34. The van der Waals surface area contributed by atoms with Gasteiger partial charge in [-0.15, -0.1) is 11.3 Å². The molecule has 0 radical (unpaired) electrons. The number of nitrogens with two attached hydrogens (primary N) is 1. The number of aromatic nitrogens is 1. The fraction of sp³-hybridized carbons (Fsp3) is 0.625. The maximum atomic E-state index is 5.73. The van der Waals surface area contributed by atoms with Crippen LogP contribution >= 0.6 is 11.3 Å². The first-order valence-corrected chi connectivity index (χ1v) is 4.90. The van der Waals surface area contributed by atoms with Gasteiger partial charge in [-0.1, -0.05) is 0 Å². The Bertz CT molecular complexity index is 269. The van der Waals surface area contributed by atoms with E-state index in [2.05, 4.69) is 16.9 Å². The monoisotopic (exact) mass is 183 g/mol. The number of aryl methyl sites for hydroxylation is 1. The Kier molecular flexibility index (Phi) is 1.81. The van der Waals surface area contributed by atoms with Crippen LogP contribution in [0.25, 0.3) is 0 Å². The van der Waals surface area contributed by atoms with Crippen LogP contribution in [0.2, 0.25) is 0 Å². The summed E-state index contributed by atoms with van der Waals surface area (Å²) in [7, 11) is 2.13. The van der Waals surface area contributed by atoms with E-state index in [9.17, 15) is 0 Å². The van der Waals surface area contributed by atoms with Crippen LogP contribution in [-0.4, -0.2) is 30.0 Å². The normalized spacial score (nSPS) is 19.5. The highest BCUT2D eigenvalue weighted by atomic mass is 32.1. The highest BCUT2D eigenvalue weighted by Crippen LogP contribution is 2.31. The molecule has 0 aliphatic carbocycles. The van der Waals surface area contributed by atoms with Gasteiger partial charge in [-0.2, -0.15) is 0 Å². The molecule has 12 heavy (non-hydrogen) atoms. The van der Waals surface area contributed by atoms with Gasteiger partial charge in [0, 0.05) is 19.0 Å². The first-order chi connectivity index (χ1) is 5.66. The summed E-state index contributed by atoms with van der Waals surface area (Å²) in [5, 5.41) is 2.09. The standard InChI is InChI=1S/C8H13N3S/c1-5-7(9)12-8(10-5)6-3-11(2)4-6/h6H,3-4,9H2,1-2H3. The van der Waals surface area contributed by atoms with Crippen molar-refractivity contribution in [2.24, 2.45) is 0 Å². The average Bonchev–Trinajstić information content (AvgIpc) is 2.26. The molecule has 1 aliphatic rings. The van der Waals surface area contributed by atoms with Gasteiger partial charge in [0.1, 0.15) is 10.0 Å². The Hall–Kier alpha value is -0.610. The number of hydrogen-bond acceptors (Lipinski definition) is 4. The maximum Gasteiger partial charge on any atom is 0.109 e. The summed E-state index contributed by atoms with van der Waals surface area (Å²) >= 11 is 1.64. The Morgan fingerprint density at radius 3 is 2.67 bits per heavy atom. The minimum Gasteiger partial charge on any atom is -0.389 e. The molecule has 0 atom stereocenters. The summed E-state index contributed by atoms with van der Waals surface area (Å²) in [4.78, 5) is 6.72. The van der Waals surface area contributed by atoms with Crippen molar-refractivity contribution < 1.29 is 0 Å². The molecule has 1 aliphatic heterocycles. The predicted molar refractivity (Wildman–Crippen MR) is 51.5 cm³/mol. The number of nitrogens with zero attached hydrogens (tertiary/aromatic N) is 2. The van der Waals surface area contributed by atoms with Crippen LogP contribution in [0.3, 0.4) is 0 Å². The molecule has 1 aromatic heterocycles. The summed E-state index contributed by atoms with van der Waals surface area (Å²) in [6, 6.07) is 0. The molecule has 0 aromatic carbocycles. The molecular weight excluding hydrogens is 170 g/mol. The first-order valence-electron chi connectivity index (χ1n) is 4.08. The van der Waals surface area contributed by atoms with Gasteiger partial charge in [0.15, 0.2) is 0 Å². The summed E-state index contributed by atoms with van der Waals surface area (Å²) in [5.74, 6) is 0.635. The predicted octanol–water partition coefficient (Wildman–Crippen LogP) is 1.06. The van der Waals surface area contributed by atoms with E-state index >= 15 is 0 Å². The lowest BCUT2D eigenvalue weighted by molar-refractivity contribution is 0.189. The van der Waals surface area contributed by atoms with E-state index in [1.54, 1.807) is 11.3 Å². The molecule has 4 heteroatoms. The molecular formula is C8H13N3S. The van der Waals surface area contributed by atoms with Crippen LogP contribution in [0.15, 0.2) is 0 Å². The average molecular weight is 183 g/mol. The number of likely N-dealkylation sites (N-methyl/N-ethyl adjacent to an activating group) is 1. The summed E-state index contributed by atoms with van der Waals surface area (Å²) in [5.41, 5.74) is 6.72. The molecule has 0 unspecified atom stereocenters. The van der Waals surface area contributed by atoms with E-state index in [4.69, 9.17) is 5.73 Å². The molecule has 2 rings (SSSR count). The number of rotatable bonds is 1. The van der Waals surface area contributed by atoms with Crippen LogP contribution < -0.4 is 5.73 Å². The molecule has 3 nitrogen and oxygen atoms in total. The van der Waals surface area contributed by atoms with Crippen LogP contribution in [0.4, 0.5) is 5.00 Å². The highest BCUT2D eigenvalue weighted by molar-refractivity contribution is 7.15.